The third-order valence-electron chi connectivity index (χ3n) is 1.98. The van der Waals surface area contributed by atoms with Gasteiger partial charge in [-0.15, -0.1) is 11.8 Å². The fourth-order valence-electron chi connectivity index (χ4n) is 1.20. The summed E-state index contributed by atoms with van der Waals surface area (Å²) in [6, 6.07) is 7.59. The van der Waals surface area contributed by atoms with E-state index in [1.165, 1.54) is 0 Å². The number of nitrogens with zero attached hydrogens (tertiary/aromatic N) is 1. The number of hydrogen-bond acceptors (Lipinski definition) is 3. The number of benzene rings is 1. The number of hydrogen-bond donors (Lipinski definition) is 1. The summed E-state index contributed by atoms with van der Waals surface area (Å²) in [7, 11) is 0. The SMILES string of the molecule is O=c1[nH]c(CSc2cccc(Cl)c2)ncc1I. The highest BCUT2D eigenvalue weighted by Gasteiger charge is 2.01. The van der Waals surface area contributed by atoms with Gasteiger partial charge in [-0.2, -0.15) is 0 Å². The summed E-state index contributed by atoms with van der Waals surface area (Å²) in [6.07, 6.45) is 1.58. The van der Waals surface area contributed by atoms with E-state index in [0.29, 0.717) is 20.2 Å². The van der Waals surface area contributed by atoms with Gasteiger partial charge in [0.25, 0.3) is 5.56 Å². The van der Waals surface area contributed by atoms with Crippen LogP contribution in [0.15, 0.2) is 40.2 Å². The van der Waals surface area contributed by atoms with Gasteiger partial charge in [0.1, 0.15) is 5.82 Å². The Hall–Kier alpha value is -0.530. The van der Waals surface area contributed by atoms with Crippen LogP contribution >= 0.6 is 46.0 Å². The molecule has 1 aromatic carbocycles. The summed E-state index contributed by atoms with van der Waals surface area (Å²) in [5.41, 5.74) is -0.0951. The molecule has 1 aromatic heterocycles. The zero-order valence-electron chi connectivity index (χ0n) is 8.61. The van der Waals surface area contributed by atoms with Crippen LogP contribution in [-0.4, -0.2) is 9.97 Å². The fourth-order valence-corrected chi connectivity index (χ4v) is 2.56. The van der Waals surface area contributed by atoms with Gasteiger partial charge in [-0.25, -0.2) is 4.98 Å². The largest absolute Gasteiger partial charge is 0.309 e. The number of halogens is 2. The van der Waals surface area contributed by atoms with E-state index < -0.39 is 0 Å². The van der Waals surface area contributed by atoms with Crippen molar-refractivity contribution in [3.05, 3.63) is 55.2 Å². The molecule has 0 bridgehead atoms. The van der Waals surface area contributed by atoms with Crippen molar-refractivity contribution in [2.45, 2.75) is 10.6 Å². The average molecular weight is 379 g/mol. The van der Waals surface area contributed by atoms with Crippen molar-refractivity contribution in [1.82, 2.24) is 9.97 Å². The number of aromatic amines is 1. The molecule has 1 N–H and O–H groups in total. The molecule has 0 aliphatic heterocycles. The quantitative estimate of drug-likeness (QED) is 0.658. The molecule has 1 heterocycles. The smallest absolute Gasteiger partial charge is 0.264 e. The lowest BCUT2D eigenvalue weighted by atomic mass is 10.4. The first kappa shape index (κ1) is 12.9. The van der Waals surface area contributed by atoms with Crippen LogP contribution in [0.2, 0.25) is 5.02 Å². The molecule has 0 aliphatic rings. The van der Waals surface area contributed by atoms with Gasteiger partial charge in [-0.3, -0.25) is 4.79 Å². The second kappa shape index (κ2) is 5.88. The van der Waals surface area contributed by atoms with Crippen molar-refractivity contribution in [1.29, 1.82) is 0 Å². The number of aromatic nitrogens is 2. The van der Waals surface area contributed by atoms with Crippen LogP contribution in [0.5, 0.6) is 0 Å². The highest BCUT2D eigenvalue weighted by molar-refractivity contribution is 14.1. The van der Waals surface area contributed by atoms with Crippen molar-refractivity contribution in [3.63, 3.8) is 0 Å². The van der Waals surface area contributed by atoms with Crippen LogP contribution in [-0.2, 0) is 5.75 Å². The molecule has 0 aliphatic carbocycles. The zero-order valence-corrected chi connectivity index (χ0v) is 12.3. The van der Waals surface area contributed by atoms with Crippen LogP contribution in [0.1, 0.15) is 5.82 Å². The molecule has 0 fully saturated rings. The normalized spacial score (nSPS) is 10.5. The Labute approximate surface area is 121 Å². The molecule has 0 unspecified atom stereocenters. The molecule has 0 spiro atoms. The Morgan fingerprint density at radius 3 is 3.00 bits per heavy atom. The first-order chi connectivity index (χ1) is 8.15. The lowest BCUT2D eigenvalue weighted by Gasteiger charge is -2.01. The summed E-state index contributed by atoms with van der Waals surface area (Å²) >= 11 is 9.42. The van der Waals surface area contributed by atoms with Crippen LogP contribution in [0.3, 0.4) is 0 Å². The molecule has 17 heavy (non-hydrogen) atoms. The maximum absolute atomic E-state index is 11.4. The first-order valence-electron chi connectivity index (χ1n) is 4.77. The standard InChI is InChI=1S/C11H8ClIN2OS/c12-7-2-1-3-8(4-7)17-6-10-14-5-9(13)11(16)15-10/h1-5H,6H2,(H,14,15,16). The van der Waals surface area contributed by atoms with Gasteiger partial charge in [0.15, 0.2) is 0 Å². The predicted molar refractivity (Wildman–Crippen MR) is 78.6 cm³/mol. The average Bonchev–Trinajstić information content (AvgIpc) is 2.31. The van der Waals surface area contributed by atoms with E-state index in [0.717, 1.165) is 4.90 Å². The highest BCUT2D eigenvalue weighted by Crippen LogP contribution is 2.23. The van der Waals surface area contributed by atoms with Gasteiger partial charge in [0, 0.05) is 16.1 Å². The lowest BCUT2D eigenvalue weighted by molar-refractivity contribution is 0.989. The minimum Gasteiger partial charge on any atom is -0.309 e. The van der Waals surface area contributed by atoms with E-state index in [2.05, 4.69) is 9.97 Å². The van der Waals surface area contributed by atoms with Gasteiger partial charge in [0.2, 0.25) is 0 Å². The van der Waals surface area contributed by atoms with Crippen LogP contribution in [0.25, 0.3) is 0 Å². The van der Waals surface area contributed by atoms with Gasteiger partial charge in [-0.1, -0.05) is 17.7 Å². The molecule has 0 radical (unpaired) electrons. The summed E-state index contributed by atoms with van der Waals surface area (Å²) in [6.45, 7) is 0. The number of nitrogens with one attached hydrogen (secondary N) is 1. The molecule has 0 atom stereocenters. The van der Waals surface area contributed by atoms with Gasteiger partial charge in [0.05, 0.1) is 9.32 Å². The monoisotopic (exact) mass is 378 g/mol. The molecule has 0 saturated heterocycles. The van der Waals surface area contributed by atoms with E-state index >= 15 is 0 Å². The van der Waals surface area contributed by atoms with E-state index in [9.17, 15) is 4.79 Å². The van der Waals surface area contributed by atoms with E-state index in [-0.39, 0.29) is 5.56 Å². The summed E-state index contributed by atoms with van der Waals surface area (Å²) in [4.78, 5) is 19.3. The molecular formula is C11H8ClIN2OS. The van der Waals surface area contributed by atoms with Gasteiger partial charge in [-0.05, 0) is 40.8 Å². The topological polar surface area (TPSA) is 45.8 Å². The Morgan fingerprint density at radius 1 is 1.47 bits per heavy atom. The Balaban J connectivity index is 2.07. The van der Waals surface area contributed by atoms with Crippen LogP contribution in [0.4, 0.5) is 0 Å². The minimum absolute atomic E-state index is 0.0951. The molecule has 2 aromatic rings. The fraction of sp³-hybridized carbons (Fsp3) is 0.0909. The third-order valence-corrected chi connectivity index (χ3v) is 3.99. The lowest BCUT2D eigenvalue weighted by Crippen LogP contribution is -2.12. The molecule has 88 valence electrons. The van der Waals surface area contributed by atoms with E-state index in [1.807, 2.05) is 46.9 Å². The van der Waals surface area contributed by atoms with Gasteiger partial charge < -0.3 is 4.98 Å². The number of rotatable bonds is 3. The van der Waals surface area contributed by atoms with E-state index in [1.54, 1.807) is 18.0 Å². The maximum Gasteiger partial charge on any atom is 0.264 e. The zero-order chi connectivity index (χ0) is 12.3. The Bertz CT molecular complexity index is 588. The number of H-pyrrole nitrogens is 1. The summed E-state index contributed by atoms with van der Waals surface area (Å²) in [5.74, 6) is 1.28. The molecule has 0 saturated carbocycles. The molecular weight excluding hydrogens is 371 g/mol. The second-order valence-electron chi connectivity index (χ2n) is 3.25. The maximum atomic E-state index is 11.4. The molecule has 0 amide bonds. The highest BCUT2D eigenvalue weighted by atomic mass is 127. The Morgan fingerprint density at radius 2 is 2.29 bits per heavy atom. The van der Waals surface area contributed by atoms with Crippen molar-refractivity contribution in [2.24, 2.45) is 0 Å². The van der Waals surface area contributed by atoms with Crippen molar-refractivity contribution in [3.8, 4) is 0 Å². The summed E-state index contributed by atoms with van der Waals surface area (Å²) < 4.78 is 0.596. The predicted octanol–water partition coefficient (Wildman–Crippen LogP) is 3.32. The first-order valence-corrected chi connectivity index (χ1v) is 7.21. The molecule has 6 heteroatoms. The van der Waals surface area contributed by atoms with Gasteiger partial charge >= 0.3 is 0 Å². The van der Waals surface area contributed by atoms with Crippen LogP contribution in [0, 0.1) is 3.57 Å². The molecule has 3 nitrogen and oxygen atoms in total. The van der Waals surface area contributed by atoms with Crippen molar-refractivity contribution in [2.75, 3.05) is 0 Å². The summed E-state index contributed by atoms with van der Waals surface area (Å²) in [5, 5.41) is 0.707. The molecule has 2 rings (SSSR count). The minimum atomic E-state index is -0.0951. The van der Waals surface area contributed by atoms with Crippen LogP contribution < -0.4 is 5.56 Å². The number of thioether (sulfide) groups is 1. The van der Waals surface area contributed by atoms with Crippen molar-refractivity contribution < 1.29 is 0 Å². The second-order valence-corrected chi connectivity index (χ2v) is 5.90. The van der Waals surface area contributed by atoms with E-state index in [4.69, 9.17) is 11.6 Å². The Kier molecular flexibility index (Phi) is 4.47. The third kappa shape index (κ3) is 3.72. The van der Waals surface area contributed by atoms with Crippen molar-refractivity contribution >= 4 is 46.0 Å².